The molecule has 1 aliphatic heterocycles. The standard InChI is InChI=1S/C18H19FN7.Co/c19-12-5-6-20-7-14(12)23-17-10-21-8-15(24-17)16-9-22-18-4-3-13(11-1-2-11)25-26(16)18;/h4,8-12,14,20H,1-2,5-7H2,(H,23,24);/q-1;/t12-,14-;/m0./s1. The molecule has 0 aromatic carbocycles. The van der Waals surface area contributed by atoms with Crippen LogP contribution in [0.3, 0.4) is 0 Å². The van der Waals surface area contributed by atoms with Crippen LogP contribution in [0.15, 0.2) is 24.7 Å². The van der Waals surface area contributed by atoms with Crippen molar-refractivity contribution < 1.29 is 21.2 Å². The monoisotopic (exact) mass is 411 g/mol. The Balaban J connectivity index is 0.00000180. The fourth-order valence-electron chi connectivity index (χ4n) is 3.29. The number of hydrogen-bond donors (Lipinski definition) is 2. The predicted molar refractivity (Wildman–Crippen MR) is 94.6 cm³/mol. The first-order valence-electron chi connectivity index (χ1n) is 8.98. The molecule has 9 heteroatoms. The van der Waals surface area contributed by atoms with Crippen molar-refractivity contribution in [2.45, 2.75) is 37.4 Å². The van der Waals surface area contributed by atoms with Gasteiger partial charge in [0.1, 0.15) is 17.7 Å². The van der Waals surface area contributed by atoms with Crippen molar-refractivity contribution in [2.75, 3.05) is 18.4 Å². The molecular formula is C18H19CoFN7-. The van der Waals surface area contributed by atoms with E-state index in [4.69, 9.17) is 0 Å². The average Bonchev–Trinajstić information content (AvgIpc) is 3.43. The summed E-state index contributed by atoms with van der Waals surface area (Å²) in [5, 5.41) is 11.0. The van der Waals surface area contributed by atoms with Gasteiger partial charge in [-0.1, -0.05) is 0 Å². The molecule has 5 rings (SSSR count). The van der Waals surface area contributed by atoms with Crippen LogP contribution in [0.5, 0.6) is 0 Å². The average molecular weight is 411 g/mol. The molecule has 0 spiro atoms. The number of fused-ring (bicyclic) bond motifs is 1. The first-order valence-corrected chi connectivity index (χ1v) is 8.98. The number of nitrogens with one attached hydrogen (secondary N) is 2. The van der Waals surface area contributed by atoms with Gasteiger partial charge in [0, 0.05) is 35.2 Å². The van der Waals surface area contributed by atoms with Gasteiger partial charge in [0.05, 0.1) is 24.1 Å². The fourth-order valence-corrected chi connectivity index (χ4v) is 3.29. The predicted octanol–water partition coefficient (Wildman–Crippen LogP) is 1.97. The minimum atomic E-state index is -0.893. The Hall–Kier alpha value is -2.10. The van der Waals surface area contributed by atoms with E-state index in [1.807, 2.05) is 6.07 Å². The number of hydrogen-bond acceptors (Lipinski definition) is 6. The molecule has 2 aliphatic rings. The van der Waals surface area contributed by atoms with E-state index in [9.17, 15) is 4.39 Å². The van der Waals surface area contributed by atoms with Gasteiger partial charge in [-0.2, -0.15) is 6.07 Å². The molecule has 27 heavy (non-hydrogen) atoms. The fraction of sp³-hybridized carbons (Fsp3) is 0.444. The maximum atomic E-state index is 14.1. The summed E-state index contributed by atoms with van der Waals surface area (Å²) < 4.78 is 15.9. The summed E-state index contributed by atoms with van der Waals surface area (Å²) >= 11 is 0. The molecule has 1 saturated heterocycles. The van der Waals surface area contributed by atoms with Crippen molar-refractivity contribution in [3.05, 3.63) is 36.4 Å². The van der Waals surface area contributed by atoms with Gasteiger partial charge in [0.2, 0.25) is 0 Å². The van der Waals surface area contributed by atoms with Crippen LogP contribution in [-0.2, 0) is 16.8 Å². The molecule has 2 N–H and O–H groups in total. The third-order valence-corrected chi connectivity index (χ3v) is 4.91. The van der Waals surface area contributed by atoms with Crippen LogP contribution in [0.2, 0.25) is 0 Å². The first kappa shape index (κ1) is 18.3. The Morgan fingerprint density at radius 3 is 2.93 bits per heavy atom. The molecule has 0 bridgehead atoms. The van der Waals surface area contributed by atoms with Gasteiger partial charge in [-0.25, -0.2) is 20.5 Å². The van der Waals surface area contributed by atoms with E-state index in [0.29, 0.717) is 36.9 Å². The van der Waals surface area contributed by atoms with Crippen LogP contribution >= 0.6 is 0 Å². The summed E-state index contributed by atoms with van der Waals surface area (Å²) in [7, 11) is 0. The number of nitrogens with zero attached hydrogens (tertiary/aromatic N) is 5. The summed E-state index contributed by atoms with van der Waals surface area (Å²) in [5.41, 5.74) is 3.12. The largest absolute Gasteiger partial charge is 0.362 e. The van der Waals surface area contributed by atoms with Crippen LogP contribution in [0, 0.1) is 6.07 Å². The zero-order chi connectivity index (χ0) is 17.5. The molecule has 3 aromatic rings. The van der Waals surface area contributed by atoms with Crippen molar-refractivity contribution in [1.82, 2.24) is 29.9 Å². The van der Waals surface area contributed by atoms with Gasteiger partial charge in [-0.05, 0) is 37.4 Å². The minimum absolute atomic E-state index is 0. The Morgan fingerprint density at radius 2 is 2.11 bits per heavy atom. The van der Waals surface area contributed by atoms with E-state index >= 15 is 0 Å². The summed E-state index contributed by atoms with van der Waals surface area (Å²) in [6, 6.07) is 4.78. The number of halogens is 1. The zero-order valence-electron chi connectivity index (χ0n) is 14.5. The van der Waals surface area contributed by atoms with Crippen molar-refractivity contribution in [3.63, 3.8) is 0 Å². The number of imidazole rings is 1. The molecule has 3 aromatic heterocycles. The van der Waals surface area contributed by atoms with Crippen molar-refractivity contribution in [3.8, 4) is 11.4 Å². The third-order valence-electron chi connectivity index (χ3n) is 4.91. The molecule has 4 heterocycles. The molecule has 7 nitrogen and oxygen atoms in total. The Bertz CT molecular complexity index is 942. The van der Waals surface area contributed by atoms with Gasteiger partial charge >= 0.3 is 0 Å². The smallest absolute Gasteiger partial charge is 0.145 e. The van der Waals surface area contributed by atoms with Crippen molar-refractivity contribution in [1.29, 1.82) is 0 Å². The van der Waals surface area contributed by atoms with E-state index in [1.54, 1.807) is 23.1 Å². The van der Waals surface area contributed by atoms with E-state index in [2.05, 4.69) is 36.8 Å². The maximum absolute atomic E-state index is 14.1. The van der Waals surface area contributed by atoms with Crippen LogP contribution < -0.4 is 10.6 Å². The van der Waals surface area contributed by atoms with E-state index in [-0.39, 0.29) is 22.8 Å². The van der Waals surface area contributed by atoms with Crippen LogP contribution in [-0.4, -0.2) is 49.9 Å². The minimum Gasteiger partial charge on any atom is -0.362 e. The molecule has 143 valence electrons. The van der Waals surface area contributed by atoms with Crippen LogP contribution in [0.1, 0.15) is 30.9 Å². The third kappa shape index (κ3) is 3.67. The van der Waals surface area contributed by atoms with Gasteiger partial charge in [-0.15, -0.1) is 0 Å². The summed E-state index contributed by atoms with van der Waals surface area (Å²) in [5.74, 6) is 1.06. The second-order valence-electron chi connectivity index (χ2n) is 6.91. The van der Waals surface area contributed by atoms with Gasteiger partial charge in [-0.3, -0.25) is 9.50 Å². The maximum Gasteiger partial charge on any atom is 0.145 e. The van der Waals surface area contributed by atoms with E-state index < -0.39 is 6.17 Å². The van der Waals surface area contributed by atoms with Gasteiger partial charge in [0.15, 0.2) is 0 Å². The molecule has 2 atom stereocenters. The van der Waals surface area contributed by atoms with Crippen LogP contribution in [0.25, 0.3) is 17.0 Å². The molecule has 0 amide bonds. The number of piperidine rings is 1. The zero-order valence-corrected chi connectivity index (χ0v) is 15.6. The van der Waals surface area contributed by atoms with Crippen molar-refractivity contribution in [2.24, 2.45) is 0 Å². The van der Waals surface area contributed by atoms with Gasteiger partial charge < -0.3 is 15.6 Å². The number of aromatic nitrogens is 5. The second-order valence-corrected chi connectivity index (χ2v) is 6.91. The Kier molecular flexibility index (Phi) is 5.07. The topological polar surface area (TPSA) is 80.0 Å². The SMILES string of the molecule is F[C@H]1CCNC[C@@H]1Nc1cncc(-c2cnc3c[c-]c(C4CC4)nn23)n1.[Co]. The first-order chi connectivity index (χ1) is 12.8. The van der Waals surface area contributed by atoms with Crippen LogP contribution in [0.4, 0.5) is 10.2 Å². The normalized spacial score (nSPS) is 22.4. The summed E-state index contributed by atoms with van der Waals surface area (Å²) in [4.78, 5) is 13.3. The molecule has 2 fully saturated rings. The quantitative estimate of drug-likeness (QED) is 0.640. The molecule has 0 unspecified atom stereocenters. The molecular weight excluding hydrogens is 392 g/mol. The molecule has 1 saturated carbocycles. The second kappa shape index (κ2) is 7.49. The van der Waals surface area contributed by atoms with Gasteiger partial charge in [0.25, 0.3) is 0 Å². The van der Waals surface area contributed by atoms with E-state index in [0.717, 1.165) is 29.9 Å². The number of rotatable bonds is 4. The Morgan fingerprint density at radius 1 is 1.22 bits per heavy atom. The summed E-state index contributed by atoms with van der Waals surface area (Å²) in [6.45, 7) is 1.28. The molecule has 1 aliphatic carbocycles. The number of alkyl halides is 1. The van der Waals surface area contributed by atoms with E-state index in [1.165, 1.54) is 0 Å². The Labute approximate surface area is 166 Å². The number of anilines is 1. The molecule has 1 radical (unpaired) electrons. The van der Waals surface area contributed by atoms with Crippen molar-refractivity contribution >= 4 is 11.5 Å². The summed E-state index contributed by atoms with van der Waals surface area (Å²) in [6.07, 6.45) is 6.97.